The Balaban J connectivity index is 3.20. The van der Waals surface area contributed by atoms with Crippen LogP contribution < -0.4 is 0 Å². The minimum atomic E-state index is -0.678. The van der Waals surface area contributed by atoms with Crippen molar-refractivity contribution in [1.29, 1.82) is 5.39 Å². The summed E-state index contributed by atoms with van der Waals surface area (Å²) in [6, 6.07) is 3.84. The lowest BCUT2D eigenvalue weighted by atomic mass is 10.2. The van der Waals surface area contributed by atoms with Gasteiger partial charge in [0.1, 0.15) is 11.3 Å². The molecule has 0 saturated carbocycles. The van der Waals surface area contributed by atoms with Gasteiger partial charge in [-0.15, -0.1) is 0 Å². The van der Waals surface area contributed by atoms with Crippen molar-refractivity contribution < 1.29 is 14.6 Å². The zero-order chi connectivity index (χ0) is 9.84. The first kappa shape index (κ1) is 9.00. The summed E-state index contributed by atoms with van der Waals surface area (Å²) in [7, 11) is 1.20. The van der Waals surface area contributed by atoms with E-state index in [0.717, 1.165) is 0 Å². The zero-order valence-corrected chi connectivity index (χ0v) is 6.89. The van der Waals surface area contributed by atoms with E-state index in [1.54, 1.807) is 0 Å². The number of hydrogen-bond donors (Lipinski definition) is 1. The topological polar surface area (TPSA) is 74.7 Å². The Labute approximate surface area is 74.2 Å². The SMILES string of the molecule is COC(=O)c1cc([N+]#N)ccc1O. The molecule has 66 valence electrons. The molecule has 0 saturated heterocycles. The summed E-state index contributed by atoms with van der Waals surface area (Å²) in [5.74, 6) is -0.887. The van der Waals surface area contributed by atoms with E-state index >= 15 is 0 Å². The van der Waals surface area contributed by atoms with E-state index in [0.29, 0.717) is 0 Å². The van der Waals surface area contributed by atoms with Gasteiger partial charge in [0.2, 0.25) is 5.39 Å². The number of phenolic OH excluding ortho intramolecular Hbond substituents is 1. The molecule has 0 bridgehead atoms. The van der Waals surface area contributed by atoms with Gasteiger partial charge in [-0.25, -0.2) is 4.79 Å². The van der Waals surface area contributed by atoms with Gasteiger partial charge in [0.15, 0.2) is 4.98 Å². The summed E-state index contributed by atoms with van der Waals surface area (Å²) in [5.41, 5.74) is 0.149. The van der Waals surface area contributed by atoms with Crippen molar-refractivity contribution in [2.24, 2.45) is 0 Å². The van der Waals surface area contributed by atoms with E-state index in [4.69, 9.17) is 5.39 Å². The predicted octanol–water partition coefficient (Wildman–Crippen LogP) is 1.66. The highest BCUT2D eigenvalue weighted by molar-refractivity contribution is 5.93. The number of carbonyl (C=O) groups excluding carboxylic acids is 1. The molecular formula is C8H7N2O3+. The number of esters is 1. The number of rotatable bonds is 1. The summed E-state index contributed by atoms with van der Waals surface area (Å²) in [4.78, 5) is 13.9. The molecule has 0 atom stereocenters. The highest BCUT2D eigenvalue weighted by Crippen LogP contribution is 2.23. The van der Waals surface area contributed by atoms with Crippen LogP contribution >= 0.6 is 0 Å². The standard InChI is InChI=1S/C8H6N2O3/c1-13-8(12)6-4-5(10-9)2-3-7(6)11/h2-4H,1H3/p+1. The third kappa shape index (κ3) is 1.73. The van der Waals surface area contributed by atoms with Gasteiger partial charge in [-0.3, -0.25) is 0 Å². The molecule has 0 fully saturated rings. The molecule has 0 aliphatic carbocycles. The highest BCUT2D eigenvalue weighted by atomic mass is 16.5. The lowest BCUT2D eigenvalue weighted by molar-refractivity contribution is 0.0597. The summed E-state index contributed by atoms with van der Waals surface area (Å²) < 4.78 is 4.39. The van der Waals surface area contributed by atoms with Crippen molar-refractivity contribution in [2.75, 3.05) is 7.11 Å². The molecule has 0 aromatic heterocycles. The molecule has 1 aromatic rings. The number of hydrogen-bond acceptors (Lipinski definition) is 4. The van der Waals surface area contributed by atoms with Crippen molar-refractivity contribution in [3.8, 4) is 5.75 Å². The first-order valence-electron chi connectivity index (χ1n) is 3.45. The van der Waals surface area contributed by atoms with Crippen molar-refractivity contribution in [3.63, 3.8) is 0 Å². The summed E-state index contributed by atoms with van der Waals surface area (Å²) in [6.45, 7) is 0. The van der Waals surface area contributed by atoms with Crippen LogP contribution in [-0.4, -0.2) is 18.2 Å². The van der Waals surface area contributed by atoms with E-state index in [2.05, 4.69) is 9.71 Å². The van der Waals surface area contributed by atoms with Crippen LogP contribution in [0, 0.1) is 5.39 Å². The number of aromatic hydroxyl groups is 1. The fraction of sp³-hybridized carbons (Fsp3) is 0.125. The van der Waals surface area contributed by atoms with Gasteiger partial charge >= 0.3 is 11.7 Å². The number of carbonyl (C=O) groups is 1. The van der Waals surface area contributed by atoms with E-state index in [1.807, 2.05) is 0 Å². The van der Waals surface area contributed by atoms with Crippen LogP contribution in [0.3, 0.4) is 0 Å². The minimum Gasteiger partial charge on any atom is -0.507 e. The Morgan fingerprint density at radius 3 is 2.85 bits per heavy atom. The van der Waals surface area contributed by atoms with Crippen LogP contribution in [0.25, 0.3) is 4.98 Å². The van der Waals surface area contributed by atoms with E-state index in [9.17, 15) is 9.90 Å². The Kier molecular flexibility index (Phi) is 2.45. The van der Waals surface area contributed by atoms with Crippen molar-refractivity contribution in [3.05, 3.63) is 28.7 Å². The maximum absolute atomic E-state index is 11.0. The maximum Gasteiger partial charge on any atom is 0.386 e. The van der Waals surface area contributed by atoms with Crippen molar-refractivity contribution >= 4 is 11.7 Å². The summed E-state index contributed by atoms with van der Waals surface area (Å²) in [6.07, 6.45) is 0. The summed E-state index contributed by atoms with van der Waals surface area (Å²) >= 11 is 0. The fourth-order valence-corrected chi connectivity index (χ4v) is 0.860. The van der Waals surface area contributed by atoms with E-state index in [-0.39, 0.29) is 17.0 Å². The van der Waals surface area contributed by atoms with Gasteiger partial charge in [-0.05, 0) is 6.07 Å². The smallest absolute Gasteiger partial charge is 0.386 e. The van der Waals surface area contributed by atoms with Gasteiger partial charge in [0.05, 0.1) is 13.2 Å². The predicted molar refractivity (Wildman–Crippen MR) is 44.2 cm³/mol. The highest BCUT2D eigenvalue weighted by Gasteiger charge is 2.16. The Bertz CT molecular complexity index is 381. The second kappa shape index (κ2) is 3.54. The number of phenols is 1. The molecule has 0 heterocycles. The molecule has 0 radical (unpaired) electrons. The first-order chi connectivity index (χ1) is 6.19. The van der Waals surface area contributed by atoms with Crippen LogP contribution in [-0.2, 0) is 4.74 Å². The maximum atomic E-state index is 11.0. The lowest BCUT2D eigenvalue weighted by Crippen LogP contribution is -2.00. The molecule has 1 aromatic carbocycles. The third-order valence-electron chi connectivity index (χ3n) is 1.50. The fourth-order valence-electron chi connectivity index (χ4n) is 0.860. The molecule has 5 heteroatoms. The molecule has 5 nitrogen and oxygen atoms in total. The largest absolute Gasteiger partial charge is 0.507 e. The Morgan fingerprint density at radius 2 is 2.31 bits per heavy atom. The molecule has 0 amide bonds. The number of diazo groups is 1. The second-order valence-corrected chi connectivity index (χ2v) is 2.29. The monoisotopic (exact) mass is 179 g/mol. The number of benzene rings is 1. The minimum absolute atomic E-state index is 0.0298. The quantitative estimate of drug-likeness (QED) is 0.525. The van der Waals surface area contributed by atoms with Crippen LogP contribution in [0.15, 0.2) is 18.2 Å². The number of ether oxygens (including phenoxy) is 1. The van der Waals surface area contributed by atoms with Gasteiger partial charge in [-0.1, -0.05) is 0 Å². The van der Waals surface area contributed by atoms with Gasteiger partial charge in [0.25, 0.3) is 0 Å². The Morgan fingerprint density at radius 1 is 1.62 bits per heavy atom. The van der Waals surface area contributed by atoms with Crippen molar-refractivity contribution in [2.45, 2.75) is 0 Å². The third-order valence-corrected chi connectivity index (χ3v) is 1.50. The van der Waals surface area contributed by atoms with E-state index in [1.165, 1.54) is 25.3 Å². The zero-order valence-electron chi connectivity index (χ0n) is 6.89. The Hall–Kier alpha value is -2.09. The molecule has 0 spiro atoms. The van der Waals surface area contributed by atoms with Crippen molar-refractivity contribution in [1.82, 2.24) is 0 Å². The van der Waals surface area contributed by atoms with Crippen LogP contribution in [0.2, 0.25) is 0 Å². The van der Waals surface area contributed by atoms with Gasteiger partial charge in [-0.2, -0.15) is 0 Å². The molecule has 0 unspecified atom stereocenters. The molecule has 1 rings (SSSR count). The molecular weight excluding hydrogens is 172 g/mol. The number of nitrogens with zero attached hydrogens (tertiary/aromatic N) is 2. The van der Waals surface area contributed by atoms with Crippen LogP contribution in [0.1, 0.15) is 10.4 Å². The molecule has 1 N–H and O–H groups in total. The number of methoxy groups -OCH3 is 1. The summed E-state index contributed by atoms with van der Waals surface area (Å²) in [5, 5.41) is 17.6. The average molecular weight is 179 g/mol. The second-order valence-electron chi connectivity index (χ2n) is 2.29. The van der Waals surface area contributed by atoms with E-state index < -0.39 is 5.97 Å². The molecule has 0 aliphatic heterocycles. The molecule has 0 aliphatic rings. The first-order valence-corrected chi connectivity index (χ1v) is 3.45. The van der Waals surface area contributed by atoms with Crippen LogP contribution in [0.4, 0.5) is 5.69 Å². The lowest BCUT2D eigenvalue weighted by Gasteiger charge is -1.98. The van der Waals surface area contributed by atoms with Gasteiger partial charge < -0.3 is 9.84 Å². The molecule has 13 heavy (non-hydrogen) atoms. The normalized spacial score (nSPS) is 8.92. The van der Waals surface area contributed by atoms with Crippen LogP contribution in [0.5, 0.6) is 5.75 Å². The van der Waals surface area contributed by atoms with Gasteiger partial charge in [0, 0.05) is 6.07 Å². The average Bonchev–Trinajstić information content (AvgIpc) is 2.17.